The van der Waals surface area contributed by atoms with Gasteiger partial charge in [0.15, 0.2) is 5.78 Å². The Bertz CT molecular complexity index is 609. The number of Topliss-reactive ketones (excluding diaryl/α,β-unsaturated/α-hetero) is 1. The van der Waals surface area contributed by atoms with Gasteiger partial charge in [0.2, 0.25) is 0 Å². The summed E-state index contributed by atoms with van der Waals surface area (Å²) in [6.45, 7) is 3.99. The fraction of sp³-hybridized carbons (Fsp3) is 0.286. The van der Waals surface area contributed by atoms with Crippen LogP contribution in [-0.2, 0) is 6.54 Å². The second-order valence-electron chi connectivity index (χ2n) is 4.43. The first-order chi connectivity index (χ1) is 8.97. The van der Waals surface area contributed by atoms with E-state index in [4.69, 9.17) is 0 Å². The number of aromatic nitrogens is 1. The van der Waals surface area contributed by atoms with Gasteiger partial charge in [-0.3, -0.25) is 4.79 Å². The summed E-state index contributed by atoms with van der Waals surface area (Å²) in [4.78, 5) is 17.9. The van der Waals surface area contributed by atoms with E-state index in [2.05, 4.69) is 4.98 Å². The molecule has 0 spiro atoms. The van der Waals surface area contributed by atoms with E-state index in [0.29, 0.717) is 12.1 Å². The van der Waals surface area contributed by atoms with E-state index in [1.54, 1.807) is 17.4 Å². The number of anilines is 1. The number of halogens is 1. The molecule has 0 aliphatic rings. The van der Waals surface area contributed by atoms with Crippen LogP contribution in [0.2, 0.25) is 0 Å². The largest absolute Gasteiger partial charge is 0.368 e. The third-order valence-corrected chi connectivity index (χ3v) is 3.64. The maximum Gasteiger partial charge on any atom is 0.161 e. The molecule has 0 bridgehead atoms. The van der Waals surface area contributed by atoms with Gasteiger partial charge in [0.05, 0.1) is 17.2 Å². The SMILES string of the molecule is CC(=O)c1cc(F)ccc1N(C)Cc1csc(C)n1. The molecule has 0 fully saturated rings. The molecule has 0 atom stereocenters. The zero-order valence-corrected chi connectivity index (χ0v) is 11.9. The van der Waals surface area contributed by atoms with Gasteiger partial charge in [0.25, 0.3) is 0 Å². The number of hydrogen-bond acceptors (Lipinski definition) is 4. The molecule has 0 amide bonds. The molecule has 1 aromatic heterocycles. The van der Waals surface area contributed by atoms with Crippen molar-refractivity contribution in [2.24, 2.45) is 0 Å². The smallest absolute Gasteiger partial charge is 0.161 e. The van der Waals surface area contributed by atoms with Crippen molar-refractivity contribution in [3.63, 3.8) is 0 Å². The van der Waals surface area contributed by atoms with Crippen LogP contribution >= 0.6 is 11.3 Å². The Kier molecular flexibility index (Phi) is 3.95. The van der Waals surface area contributed by atoms with Gasteiger partial charge in [-0.15, -0.1) is 11.3 Å². The molecular weight excluding hydrogens is 263 g/mol. The number of carbonyl (C=O) groups excluding carboxylic acids is 1. The Hall–Kier alpha value is -1.75. The van der Waals surface area contributed by atoms with Crippen LogP contribution in [0, 0.1) is 12.7 Å². The van der Waals surface area contributed by atoms with Gasteiger partial charge >= 0.3 is 0 Å². The van der Waals surface area contributed by atoms with E-state index in [-0.39, 0.29) is 5.78 Å². The van der Waals surface area contributed by atoms with Crippen LogP contribution in [0.5, 0.6) is 0 Å². The normalized spacial score (nSPS) is 10.5. The minimum absolute atomic E-state index is 0.143. The van der Waals surface area contributed by atoms with Crippen LogP contribution in [0.4, 0.5) is 10.1 Å². The van der Waals surface area contributed by atoms with Crippen molar-refractivity contribution in [1.29, 1.82) is 0 Å². The summed E-state index contributed by atoms with van der Waals surface area (Å²) in [7, 11) is 1.87. The van der Waals surface area contributed by atoms with Crippen LogP contribution in [-0.4, -0.2) is 17.8 Å². The lowest BCUT2D eigenvalue weighted by molar-refractivity contribution is 0.101. The van der Waals surface area contributed by atoms with Crippen molar-refractivity contribution < 1.29 is 9.18 Å². The molecule has 0 N–H and O–H groups in total. The number of ketones is 1. The Morgan fingerprint density at radius 2 is 2.21 bits per heavy atom. The lowest BCUT2D eigenvalue weighted by Crippen LogP contribution is -2.19. The highest BCUT2D eigenvalue weighted by atomic mass is 32.1. The first kappa shape index (κ1) is 13.7. The second-order valence-corrected chi connectivity index (χ2v) is 5.49. The highest BCUT2D eigenvalue weighted by Crippen LogP contribution is 2.23. The Morgan fingerprint density at radius 1 is 1.47 bits per heavy atom. The van der Waals surface area contributed by atoms with Crippen molar-refractivity contribution >= 4 is 22.8 Å². The van der Waals surface area contributed by atoms with E-state index in [1.807, 2.05) is 24.3 Å². The molecule has 0 saturated heterocycles. The molecule has 0 unspecified atom stereocenters. The zero-order valence-electron chi connectivity index (χ0n) is 11.1. The van der Waals surface area contributed by atoms with Gasteiger partial charge in [-0.25, -0.2) is 9.37 Å². The second kappa shape index (κ2) is 5.48. The van der Waals surface area contributed by atoms with E-state index in [0.717, 1.165) is 16.4 Å². The number of nitrogens with zero attached hydrogens (tertiary/aromatic N) is 2. The van der Waals surface area contributed by atoms with Crippen molar-refractivity contribution in [3.8, 4) is 0 Å². The predicted molar refractivity (Wildman–Crippen MR) is 75.4 cm³/mol. The van der Waals surface area contributed by atoms with Crippen LogP contribution < -0.4 is 4.90 Å². The van der Waals surface area contributed by atoms with Crippen molar-refractivity contribution in [3.05, 3.63) is 45.7 Å². The molecule has 100 valence electrons. The summed E-state index contributed by atoms with van der Waals surface area (Å²) >= 11 is 1.59. The topological polar surface area (TPSA) is 33.2 Å². The molecule has 0 aliphatic heterocycles. The third-order valence-electron chi connectivity index (χ3n) is 2.81. The number of aryl methyl sites for hydroxylation is 1. The van der Waals surface area contributed by atoms with Gasteiger partial charge in [0, 0.05) is 23.7 Å². The van der Waals surface area contributed by atoms with E-state index >= 15 is 0 Å². The molecule has 1 aromatic carbocycles. The summed E-state index contributed by atoms with van der Waals surface area (Å²) in [5.41, 5.74) is 2.07. The third kappa shape index (κ3) is 3.17. The van der Waals surface area contributed by atoms with Gasteiger partial charge in [-0.05, 0) is 32.0 Å². The van der Waals surface area contributed by atoms with E-state index < -0.39 is 5.82 Å². The Morgan fingerprint density at radius 3 is 2.79 bits per heavy atom. The molecule has 0 saturated carbocycles. The predicted octanol–water partition coefficient (Wildman–Crippen LogP) is 3.43. The molecule has 0 radical (unpaired) electrons. The van der Waals surface area contributed by atoms with E-state index in [9.17, 15) is 9.18 Å². The van der Waals surface area contributed by atoms with E-state index in [1.165, 1.54) is 19.1 Å². The summed E-state index contributed by atoms with van der Waals surface area (Å²) < 4.78 is 13.2. The minimum atomic E-state index is -0.396. The number of thiazole rings is 1. The van der Waals surface area contributed by atoms with Crippen LogP contribution in [0.25, 0.3) is 0 Å². The van der Waals surface area contributed by atoms with Gasteiger partial charge in [-0.2, -0.15) is 0 Å². The first-order valence-electron chi connectivity index (χ1n) is 5.90. The summed E-state index contributed by atoms with van der Waals surface area (Å²) in [6, 6.07) is 4.27. The zero-order chi connectivity index (χ0) is 14.0. The fourth-order valence-electron chi connectivity index (χ4n) is 1.93. The first-order valence-corrected chi connectivity index (χ1v) is 6.78. The molecular formula is C14H15FN2OS. The molecule has 5 heteroatoms. The van der Waals surface area contributed by atoms with Crippen LogP contribution in [0.1, 0.15) is 28.0 Å². The van der Waals surface area contributed by atoms with Gasteiger partial charge < -0.3 is 4.90 Å². The Balaban J connectivity index is 2.28. The number of hydrogen-bond donors (Lipinski definition) is 0. The number of benzene rings is 1. The Labute approximate surface area is 115 Å². The van der Waals surface area contributed by atoms with Crippen molar-refractivity contribution in [2.45, 2.75) is 20.4 Å². The molecule has 1 heterocycles. The van der Waals surface area contributed by atoms with Crippen LogP contribution in [0.3, 0.4) is 0 Å². The fourth-order valence-corrected chi connectivity index (χ4v) is 2.54. The van der Waals surface area contributed by atoms with Crippen molar-refractivity contribution in [1.82, 2.24) is 4.98 Å². The minimum Gasteiger partial charge on any atom is -0.368 e. The van der Waals surface area contributed by atoms with Crippen LogP contribution in [0.15, 0.2) is 23.6 Å². The molecule has 2 rings (SSSR count). The summed E-state index contributed by atoms with van der Waals surface area (Å²) in [5, 5.41) is 3.00. The number of carbonyl (C=O) groups is 1. The van der Waals surface area contributed by atoms with Crippen molar-refractivity contribution in [2.75, 3.05) is 11.9 Å². The summed E-state index contributed by atoms with van der Waals surface area (Å²) in [6.07, 6.45) is 0. The van der Waals surface area contributed by atoms with Gasteiger partial charge in [-0.1, -0.05) is 0 Å². The lowest BCUT2D eigenvalue weighted by Gasteiger charge is -2.20. The lowest BCUT2D eigenvalue weighted by atomic mass is 10.1. The molecule has 3 nitrogen and oxygen atoms in total. The highest BCUT2D eigenvalue weighted by molar-refractivity contribution is 7.09. The van der Waals surface area contributed by atoms with Gasteiger partial charge in [0.1, 0.15) is 5.82 Å². The standard InChI is InChI=1S/C14H15FN2OS/c1-9(18)13-6-11(15)4-5-14(13)17(3)7-12-8-19-10(2)16-12/h4-6,8H,7H2,1-3H3. The maximum atomic E-state index is 13.2. The quantitative estimate of drug-likeness (QED) is 0.803. The average Bonchev–Trinajstić information content (AvgIpc) is 2.74. The number of rotatable bonds is 4. The molecule has 2 aromatic rings. The molecule has 19 heavy (non-hydrogen) atoms. The maximum absolute atomic E-state index is 13.2. The monoisotopic (exact) mass is 278 g/mol. The average molecular weight is 278 g/mol. The summed E-state index contributed by atoms with van der Waals surface area (Å²) in [5.74, 6) is -0.539. The molecule has 0 aliphatic carbocycles. The highest BCUT2D eigenvalue weighted by Gasteiger charge is 2.13.